The van der Waals surface area contributed by atoms with E-state index < -0.39 is 0 Å². The van der Waals surface area contributed by atoms with E-state index >= 15 is 0 Å². The Hall–Kier alpha value is 0.350. The summed E-state index contributed by atoms with van der Waals surface area (Å²) < 4.78 is 0. The Kier molecular flexibility index (Phi) is 2.31. The number of halogens is 3. The van der Waals surface area contributed by atoms with Crippen molar-refractivity contribution >= 4 is 34.8 Å². The zero-order chi connectivity index (χ0) is 8.81. The molecule has 0 heterocycles. The van der Waals surface area contributed by atoms with Gasteiger partial charge < -0.3 is 0 Å². The van der Waals surface area contributed by atoms with Crippen molar-refractivity contribution in [3.8, 4) is 0 Å². The SMILES string of the molecule is CC1=C(Cl)C(Cl)=C(Cl)C1(C)C. The average molecular weight is 212 g/mol. The predicted molar refractivity (Wildman–Crippen MR) is 51.1 cm³/mol. The summed E-state index contributed by atoms with van der Waals surface area (Å²) in [5.74, 6) is 0. The first-order valence-corrected chi connectivity index (χ1v) is 4.45. The molecule has 0 spiro atoms. The molecule has 0 saturated carbocycles. The van der Waals surface area contributed by atoms with Crippen molar-refractivity contribution < 1.29 is 0 Å². The monoisotopic (exact) mass is 210 g/mol. The van der Waals surface area contributed by atoms with Gasteiger partial charge in [0.15, 0.2) is 0 Å². The van der Waals surface area contributed by atoms with E-state index in [-0.39, 0.29) is 5.41 Å². The van der Waals surface area contributed by atoms with Crippen molar-refractivity contribution in [1.29, 1.82) is 0 Å². The number of hydrogen-bond acceptors (Lipinski definition) is 0. The van der Waals surface area contributed by atoms with E-state index in [9.17, 15) is 0 Å². The minimum Gasteiger partial charge on any atom is -0.0865 e. The van der Waals surface area contributed by atoms with Crippen LogP contribution in [0.5, 0.6) is 0 Å². The van der Waals surface area contributed by atoms with Gasteiger partial charge in [0.1, 0.15) is 0 Å². The smallest absolute Gasteiger partial charge is 0.0745 e. The fourth-order valence-electron chi connectivity index (χ4n) is 0.974. The van der Waals surface area contributed by atoms with Crippen LogP contribution in [-0.2, 0) is 0 Å². The lowest BCUT2D eigenvalue weighted by molar-refractivity contribution is 0.576. The Morgan fingerprint density at radius 1 is 1.00 bits per heavy atom. The summed E-state index contributed by atoms with van der Waals surface area (Å²) in [6.07, 6.45) is 0. The summed E-state index contributed by atoms with van der Waals surface area (Å²) >= 11 is 17.7. The van der Waals surface area contributed by atoms with Crippen LogP contribution in [0.1, 0.15) is 20.8 Å². The van der Waals surface area contributed by atoms with Gasteiger partial charge in [-0.2, -0.15) is 0 Å². The predicted octanol–water partition coefficient (Wildman–Crippen LogP) is 4.23. The lowest BCUT2D eigenvalue weighted by Gasteiger charge is -2.20. The minimum absolute atomic E-state index is 0.185. The van der Waals surface area contributed by atoms with Crippen LogP contribution in [-0.4, -0.2) is 0 Å². The summed E-state index contributed by atoms with van der Waals surface area (Å²) in [5, 5.41) is 1.74. The van der Waals surface area contributed by atoms with Crippen molar-refractivity contribution in [1.82, 2.24) is 0 Å². The molecule has 0 unspecified atom stereocenters. The molecule has 0 aromatic carbocycles. The van der Waals surface area contributed by atoms with Gasteiger partial charge in [-0.15, -0.1) is 0 Å². The Labute approximate surface area is 81.8 Å². The molecule has 0 bridgehead atoms. The fourth-order valence-corrected chi connectivity index (χ4v) is 1.97. The second-order valence-corrected chi connectivity index (χ2v) is 4.33. The first kappa shape index (κ1) is 9.44. The summed E-state index contributed by atoms with van der Waals surface area (Å²) in [7, 11) is 0. The van der Waals surface area contributed by atoms with Crippen LogP contribution in [0.15, 0.2) is 20.7 Å². The maximum atomic E-state index is 5.97. The number of allylic oxidation sites excluding steroid dienone is 4. The lowest BCUT2D eigenvalue weighted by Crippen LogP contribution is -2.09. The van der Waals surface area contributed by atoms with Crippen LogP contribution < -0.4 is 0 Å². The zero-order valence-corrected chi connectivity index (χ0v) is 8.90. The van der Waals surface area contributed by atoms with Crippen LogP contribution in [0.2, 0.25) is 0 Å². The van der Waals surface area contributed by atoms with Crippen LogP contribution in [0.25, 0.3) is 0 Å². The standard InChI is InChI=1S/C8H9Cl3/c1-4-5(9)6(10)7(11)8(4,2)3/h1-3H3. The topological polar surface area (TPSA) is 0 Å². The molecule has 0 saturated heterocycles. The van der Waals surface area contributed by atoms with Crippen LogP contribution >= 0.6 is 34.8 Å². The largest absolute Gasteiger partial charge is 0.0865 e. The van der Waals surface area contributed by atoms with Gasteiger partial charge in [-0.05, 0) is 12.5 Å². The van der Waals surface area contributed by atoms with Gasteiger partial charge in [0.2, 0.25) is 0 Å². The second kappa shape index (κ2) is 2.69. The van der Waals surface area contributed by atoms with E-state index in [1.165, 1.54) is 0 Å². The molecule has 0 atom stereocenters. The highest BCUT2D eigenvalue weighted by Crippen LogP contribution is 2.50. The van der Waals surface area contributed by atoms with E-state index in [1.54, 1.807) is 0 Å². The van der Waals surface area contributed by atoms with E-state index in [0.717, 1.165) is 5.57 Å². The first-order valence-electron chi connectivity index (χ1n) is 3.32. The first-order chi connectivity index (χ1) is 4.89. The normalized spacial score (nSPS) is 23.5. The van der Waals surface area contributed by atoms with Gasteiger partial charge in [0.05, 0.1) is 10.1 Å². The molecule has 0 nitrogen and oxygen atoms in total. The summed E-state index contributed by atoms with van der Waals surface area (Å²) in [6, 6.07) is 0. The van der Waals surface area contributed by atoms with E-state index in [0.29, 0.717) is 15.1 Å². The molecule has 0 aromatic rings. The highest BCUT2D eigenvalue weighted by molar-refractivity contribution is 6.49. The van der Waals surface area contributed by atoms with Crippen molar-refractivity contribution in [2.24, 2.45) is 5.41 Å². The Balaban J connectivity index is 3.27. The van der Waals surface area contributed by atoms with Gasteiger partial charge >= 0.3 is 0 Å². The average Bonchev–Trinajstić information content (AvgIpc) is 2.06. The zero-order valence-electron chi connectivity index (χ0n) is 6.63. The minimum atomic E-state index is -0.185. The number of hydrogen-bond donors (Lipinski definition) is 0. The van der Waals surface area contributed by atoms with Crippen LogP contribution in [0.4, 0.5) is 0 Å². The molecule has 11 heavy (non-hydrogen) atoms. The molecule has 0 aliphatic heterocycles. The summed E-state index contributed by atoms with van der Waals surface area (Å²) in [6.45, 7) is 5.95. The van der Waals surface area contributed by atoms with Gasteiger partial charge in [-0.1, -0.05) is 48.7 Å². The Bertz CT molecular complexity index is 233. The third kappa shape index (κ3) is 1.22. The Morgan fingerprint density at radius 2 is 1.45 bits per heavy atom. The molecule has 1 aliphatic carbocycles. The highest BCUT2D eigenvalue weighted by atomic mass is 35.5. The van der Waals surface area contributed by atoms with Crippen LogP contribution in [0.3, 0.4) is 0 Å². The molecule has 1 rings (SSSR count). The maximum Gasteiger partial charge on any atom is 0.0745 e. The molecule has 62 valence electrons. The molecular weight excluding hydrogens is 202 g/mol. The highest BCUT2D eigenvalue weighted by Gasteiger charge is 2.35. The van der Waals surface area contributed by atoms with E-state index in [4.69, 9.17) is 34.8 Å². The maximum absolute atomic E-state index is 5.97. The van der Waals surface area contributed by atoms with Gasteiger partial charge in [-0.3, -0.25) is 0 Å². The molecule has 0 radical (unpaired) electrons. The molecular formula is C8H9Cl3. The summed E-state index contributed by atoms with van der Waals surface area (Å²) in [5.41, 5.74) is 0.851. The van der Waals surface area contributed by atoms with E-state index in [1.807, 2.05) is 20.8 Å². The fraction of sp³-hybridized carbons (Fsp3) is 0.500. The van der Waals surface area contributed by atoms with Crippen molar-refractivity contribution in [2.45, 2.75) is 20.8 Å². The van der Waals surface area contributed by atoms with Crippen molar-refractivity contribution in [3.63, 3.8) is 0 Å². The molecule has 0 amide bonds. The van der Waals surface area contributed by atoms with E-state index in [2.05, 4.69) is 0 Å². The third-order valence-electron chi connectivity index (χ3n) is 2.20. The molecule has 0 fully saturated rings. The number of rotatable bonds is 0. The van der Waals surface area contributed by atoms with Gasteiger partial charge in [-0.25, -0.2) is 0 Å². The molecule has 1 aliphatic rings. The Morgan fingerprint density at radius 3 is 1.55 bits per heavy atom. The van der Waals surface area contributed by atoms with Gasteiger partial charge in [0.25, 0.3) is 0 Å². The van der Waals surface area contributed by atoms with Gasteiger partial charge in [0, 0.05) is 10.4 Å². The molecule has 0 aromatic heterocycles. The van der Waals surface area contributed by atoms with Crippen molar-refractivity contribution in [2.75, 3.05) is 0 Å². The van der Waals surface area contributed by atoms with Crippen molar-refractivity contribution in [3.05, 3.63) is 20.7 Å². The summed E-state index contributed by atoms with van der Waals surface area (Å²) in [4.78, 5) is 0. The molecule has 3 heteroatoms. The lowest BCUT2D eigenvalue weighted by atomic mass is 9.88. The third-order valence-corrected chi connectivity index (χ3v) is 3.91. The second-order valence-electron chi connectivity index (χ2n) is 3.19. The van der Waals surface area contributed by atoms with Crippen LogP contribution in [0, 0.1) is 5.41 Å². The quantitative estimate of drug-likeness (QED) is 0.562. The molecule has 0 N–H and O–H groups in total.